The molecule has 1 aromatic rings. The van der Waals surface area contributed by atoms with Crippen molar-refractivity contribution in [2.24, 2.45) is 23.7 Å². The van der Waals surface area contributed by atoms with E-state index in [1.165, 1.54) is 24.8 Å². The Labute approximate surface area is 110 Å². The normalized spacial score (nSPS) is 41.6. The summed E-state index contributed by atoms with van der Waals surface area (Å²) >= 11 is 3.47. The van der Waals surface area contributed by atoms with E-state index in [0.717, 1.165) is 40.7 Å². The third-order valence-electron chi connectivity index (χ3n) is 5.04. The van der Waals surface area contributed by atoms with Crippen molar-refractivity contribution < 1.29 is 0 Å². The summed E-state index contributed by atoms with van der Waals surface area (Å²) in [4.78, 5) is 4.21. The minimum atomic E-state index is 0.820. The van der Waals surface area contributed by atoms with Crippen molar-refractivity contribution in [1.29, 1.82) is 0 Å². The van der Waals surface area contributed by atoms with Crippen molar-refractivity contribution in [2.45, 2.75) is 31.8 Å². The molecule has 2 bridgehead atoms. The van der Waals surface area contributed by atoms with Crippen LogP contribution in [0, 0.1) is 23.7 Å². The van der Waals surface area contributed by atoms with Gasteiger partial charge in [0, 0.05) is 29.5 Å². The molecule has 1 heterocycles. The molecule has 1 aromatic heterocycles. The molecule has 0 saturated heterocycles. The average molecular weight is 293 g/mol. The number of rotatable bonds is 3. The van der Waals surface area contributed by atoms with Crippen LogP contribution in [-0.2, 0) is 6.54 Å². The van der Waals surface area contributed by atoms with Crippen molar-refractivity contribution in [3.63, 3.8) is 0 Å². The Bertz CT molecular complexity index is 432. The highest BCUT2D eigenvalue weighted by molar-refractivity contribution is 9.10. The topological polar surface area (TPSA) is 24.9 Å². The maximum Gasteiger partial charge on any atom is 0.0410 e. The summed E-state index contributed by atoms with van der Waals surface area (Å²) < 4.78 is 1.08. The lowest BCUT2D eigenvalue weighted by molar-refractivity contribution is 0.456. The zero-order chi connectivity index (χ0) is 11.4. The molecule has 0 spiro atoms. The average Bonchev–Trinajstić information content (AvgIpc) is 2.72. The third kappa shape index (κ3) is 1.66. The number of pyridine rings is 1. The predicted molar refractivity (Wildman–Crippen MR) is 70.4 cm³/mol. The van der Waals surface area contributed by atoms with Gasteiger partial charge in [-0.2, -0.15) is 0 Å². The largest absolute Gasteiger partial charge is 0.309 e. The molecule has 3 fully saturated rings. The van der Waals surface area contributed by atoms with Gasteiger partial charge >= 0.3 is 0 Å². The smallest absolute Gasteiger partial charge is 0.0410 e. The number of hydrogen-bond acceptors (Lipinski definition) is 2. The lowest BCUT2D eigenvalue weighted by atomic mass is 10.0. The molecule has 3 saturated carbocycles. The van der Waals surface area contributed by atoms with Crippen LogP contribution in [0.1, 0.15) is 24.8 Å². The fourth-order valence-electron chi connectivity index (χ4n) is 4.39. The van der Waals surface area contributed by atoms with Gasteiger partial charge in [0.1, 0.15) is 0 Å². The van der Waals surface area contributed by atoms with E-state index in [1.54, 1.807) is 0 Å². The fraction of sp³-hybridized carbons (Fsp3) is 0.643. The minimum Gasteiger partial charge on any atom is -0.309 e. The molecule has 4 unspecified atom stereocenters. The van der Waals surface area contributed by atoms with Crippen molar-refractivity contribution >= 4 is 15.9 Å². The van der Waals surface area contributed by atoms with Gasteiger partial charge in [-0.05, 0) is 70.5 Å². The lowest BCUT2D eigenvalue weighted by Gasteiger charge is -2.10. The van der Waals surface area contributed by atoms with Crippen LogP contribution in [-0.4, -0.2) is 11.0 Å². The van der Waals surface area contributed by atoms with E-state index < -0.39 is 0 Å². The Hall–Kier alpha value is -0.410. The van der Waals surface area contributed by atoms with E-state index in [0.29, 0.717) is 0 Å². The maximum absolute atomic E-state index is 4.21. The van der Waals surface area contributed by atoms with Gasteiger partial charge in [-0.25, -0.2) is 0 Å². The zero-order valence-corrected chi connectivity index (χ0v) is 11.4. The van der Waals surface area contributed by atoms with Crippen molar-refractivity contribution in [2.75, 3.05) is 0 Å². The molecule has 90 valence electrons. The molecule has 17 heavy (non-hydrogen) atoms. The van der Waals surface area contributed by atoms with Crippen LogP contribution in [0.4, 0.5) is 0 Å². The van der Waals surface area contributed by atoms with Crippen LogP contribution in [0.5, 0.6) is 0 Å². The molecule has 0 aromatic carbocycles. The molecule has 3 aliphatic carbocycles. The molecule has 3 aliphatic rings. The van der Waals surface area contributed by atoms with Gasteiger partial charge in [0.05, 0.1) is 0 Å². The van der Waals surface area contributed by atoms with Crippen LogP contribution >= 0.6 is 15.9 Å². The highest BCUT2D eigenvalue weighted by Gasteiger charge is 2.64. The van der Waals surface area contributed by atoms with Crippen LogP contribution in [0.15, 0.2) is 22.9 Å². The quantitative estimate of drug-likeness (QED) is 0.926. The van der Waals surface area contributed by atoms with E-state index in [4.69, 9.17) is 0 Å². The van der Waals surface area contributed by atoms with Crippen molar-refractivity contribution in [3.05, 3.63) is 28.5 Å². The standard InChI is InChI=1S/C14H17BrN2/c15-11-3-8(5-16-7-11)6-17-14-12-9-1-2-10(4-9)13(12)14/h3,5,7,9-10,12-14,17H,1-2,4,6H2. The Balaban J connectivity index is 1.38. The van der Waals surface area contributed by atoms with E-state index in [-0.39, 0.29) is 0 Å². The molecule has 0 aliphatic heterocycles. The molecule has 1 N–H and O–H groups in total. The first-order chi connectivity index (χ1) is 8.33. The van der Waals surface area contributed by atoms with Gasteiger partial charge in [-0.15, -0.1) is 0 Å². The van der Waals surface area contributed by atoms with Gasteiger partial charge in [0.25, 0.3) is 0 Å². The first-order valence-corrected chi connectivity index (χ1v) is 7.45. The SMILES string of the molecule is Brc1cncc(CNC2C3C4CCC(C4)C23)c1. The summed E-state index contributed by atoms with van der Waals surface area (Å²) in [6, 6.07) is 2.98. The fourth-order valence-corrected chi connectivity index (χ4v) is 4.80. The maximum atomic E-state index is 4.21. The summed E-state index contributed by atoms with van der Waals surface area (Å²) in [6.45, 7) is 0.976. The molecule has 0 amide bonds. The Kier molecular flexibility index (Phi) is 2.34. The predicted octanol–water partition coefficient (Wildman–Crippen LogP) is 2.98. The zero-order valence-electron chi connectivity index (χ0n) is 9.77. The Morgan fingerprint density at radius 2 is 2.00 bits per heavy atom. The van der Waals surface area contributed by atoms with Gasteiger partial charge in [0.2, 0.25) is 0 Å². The molecular formula is C14H17BrN2. The van der Waals surface area contributed by atoms with Gasteiger partial charge in [-0.1, -0.05) is 0 Å². The number of nitrogens with one attached hydrogen (secondary N) is 1. The van der Waals surface area contributed by atoms with Crippen molar-refractivity contribution in [1.82, 2.24) is 10.3 Å². The summed E-state index contributed by atoms with van der Waals surface area (Å²) in [5, 5.41) is 3.74. The summed E-state index contributed by atoms with van der Waals surface area (Å²) in [5.74, 6) is 4.16. The summed E-state index contributed by atoms with van der Waals surface area (Å²) in [5.41, 5.74) is 1.29. The number of hydrogen-bond donors (Lipinski definition) is 1. The molecule has 0 radical (unpaired) electrons. The number of fused-ring (bicyclic) bond motifs is 5. The summed E-state index contributed by atoms with van der Waals surface area (Å²) in [7, 11) is 0. The van der Waals surface area contributed by atoms with E-state index in [9.17, 15) is 0 Å². The monoisotopic (exact) mass is 292 g/mol. The van der Waals surface area contributed by atoms with E-state index in [2.05, 4.69) is 32.3 Å². The van der Waals surface area contributed by atoms with Crippen LogP contribution in [0.3, 0.4) is 0 Å². The Morgan fingerprint density at radius 1 is 1.24 bits per heavy atom. The second-order valence-corrected chi connectivity index (χ2v) is 6.82. The molecule has 3 heteroatoms. The second-order valence-electron chi connectivity index (χ2n) is 5.91. The van der Waals surface area contributed by atoms with Crippen molar-refractivity contribution in [3.8, 4) is 0 Å². The number of nitrogens with zero attached hydrogens (tertiary/aromatic N) is 1. The minimum absolute atomic E-state index is 0.820. The highest BCUT2D eigenvalue weighted by atomic mass is 79.9. The van der Waals surface area contributed by atoms with E-state index in [1.807, 2.05) is 12.4 Å². The van der Waals surface area contributed by atoms with E-state index >= 15 is 0 Å². The lowest BCUT2D eigenvalue weighted by Crippen LogP contribution is -2.22. The van der Waals surface area contributed by atoms with Gasteiger partial charge < -0.3 is 5.32 Å². The van der Waals surface area contributed by atoms with Gasteiger partial charge in [-0.3, -0.25) is 4.98 Å². The highest BCUT2D eigenvalue weighted by Crippen LogP contribution is 2.65. The van der Waals surface area contributed by atoms with Crippen LogP contribution in [0.25, 0.3) is 0 Å². The third-order valence-corrected chi connectivity index (χ3v) is 5.47. The number of aromatic nitrogens is 1. The van der Waals surface area contributed by atoms with Gasteiger partial charge in [0.15, 0.2) is 0 Å². The molecular weight excluding hydrogens is 276 g/mol. The first-order valence-electron chi connectivity index (χ1n) is 6.66. The first kappa shape index (κ1) is 10.5. The number of halogens is 1. The molecule has 4 rings (SSSR count). The second kappa shape index (κ2) is 3.79. The molecule has 2 nitrogen and oxygen atoms in total. The van der Waals surface area contributed by atoms with Crippen LogP contribution < -0.4 is 5.32 Å². The molecule has 4 atom stereocenters. The summed E-state index contributed by atoms with van der Waals surface area (Å²) in [6.07, 6.45) is 8.34. The Morgan fingerprint density at radius 3 is 2.71 bits per heavy atom. The van der Waals surface area contributed by atoms with Crippen LogP contribution in [0.2, 0.25) is 0 Å².